The molecule has 0 amide bonds. The van der Waals surface area contributed by atoms with E-state index in [1.165, 1.54) is 6.21 Å². The summed E-state index contributed by atoms with van der Waals surface area (Å²) < 4.78 is 11.8. The van der Waals surface area contributed by atoms with Gasteiger partial charge in [0.1, 0.15) is 11.6 Å². The summed E-state index contributed by atoms with van der Waals surface area (Å²) in [5, 5.41) is 13.6. The Morgan fingerprint density at radius 1 is 1.14 bits per heavy atom. The first-order valence-electron chi connectivity index (χ1n) is 11.1. The van der Waals surface area contributed by atoms with Gasteiger partial charge in [-0.25, -0.2) is 15.2 Å². The third-order valence-electron chi connectivity index (χ3n) is 5.03. The molecule has 0 aliphatic heterocycles. The number of aromatic amines is 1. The fourth-order valence-corrected chi connectivity index (χ4v) is 3.75. The highest BCUT2D eigenvalue weighted by Gasteiger charge is 2.16. The molecule has 0 spiro atoms. The second kappa shape index (κ2) is 11.8. The zero-order valence-electron chi connectivity index (χ0n) is 19.6. The number of H-pyrrole nitrogens is 1. The molecule has 37 heavy (non-hydrogen) atoms. The molecule has 0 saturated carbocycles. The zero-order chi connectivity index (χ0) is 26.2. The molecule has 3 aromatic carbocycles. The molecule has 0 unspecified atom stereocenters. The Balaban J connectivity index is 1.58. The first kappa shape index (κ1) is 25.3. The number of aromatic nitrogens is 2. The maximum absolute atomic E-state index is 12.5. The van der Waals surface area contributed by atoms with Gasteiger partial charge in [0.25, 0.3) is 5.56 Å². The van der Waals surface area contributed by atoms with E-state index in [-0.39, 0.29) is 23.0 Å². The monoisotopic (exact) mass is 557 g/mol. The summed E-state index contributed by atoms with van der Waals surface area (Å²) in [6, 6.07) is 22.7. The van der Waals surface area contributed by atoms with Crippen molar-refractivity contribution in [3.8, 4) is 28.8 Å². The molecular formula is C27H20BrN5O4. The predicted molar refractivity (Wildman–Crippen MR) is 143 cm³/mol. The number of hydrogen-bond donors (Lipinski definition) is 2. The normalized spacial score (nSPS) is 10.6. The maximum atomic E-state index is 12.5. The molecule has 0 atom stereocenters. The Morgan fingerprint density at radius 2 is 1.84 bits per heavy atom. The number of hydrogen-bond acceptors (Lipinski definition) is 8. The van der Waals surface area contributed by atoms with Crippen molar-refractivity contribution in [3.63, 3.8) is 0 Å². The van der Waals surface area contributed by atoms with Crippen molar-refractivity contribution < 1.29 is 14.3 Å². The summed E-state index contributed by atoms with van der Waals surface area (Å²) in [5.41, 5.74) is 3.90. The molecule has 1 aromatic heterocycles. The van der Waals surface area contributed by atoms with Gasteiger partial charge in [-0.05, 0) is 47.1 Å². The van der Waals surface area contributed by atoms with Crippen LogP contribution < -0.4 is 20.5 Å². The summed E-state index contributed by atoms with van der Waals surface area (Å²) in [5.74, 6) is 0.154. The topological polar surface area (TPSA) is 129 Å². The number of carbonyl (C=O) groups is 1. The number of benzene rings is 3. The number of ether oxygens (including phenoxy) is 2. The van der Waals surface area contributed by atoms with E-state index < -0.39 is 11.5 Å². The van der Waals surface area contributed by atoms with Gasteiger partial charge in [0.15, 0.2) is 11.5 Å². The van der Waals surface area contributed by atoms with E-state index in [1.54, 1.807) is 60.7 Å². The number of nitrogens with one attached hydrogen (secondary N) is 2. The summed E-state index contributed by atoms with van der Waals surface area (Å²) in [6.45, 7) is 2.17. The molecule has 10 heteroatoms. The van der Waals surface area contributed by atoms with Crippen molar-refractivity contribution in [2.24, 2.45) is 5.10 Å². The molecule has 0 fully saturated rings. The van der Waals surface area contributed by atoms with Crippen LogP contribution in [0.5, 0.6) is 11.5 Å². The van der Waals surface area contributed by atoms with Gasteiger partial charge in [-0.15, -0.1) is 0 Å². The SMILES string of the molecule is CCOc1cc(C=NNc2nc(-c3ccccc3)c(C#N)c(=O)[nH]2)c(Br)cc1OC(=O)c1ccccc1. The van der Waals surface area contributed by atoms with E-state index in [1.807, 2.05) is 25.1 Å². The predicted octanol–water partition coefficient (Wildman–Crippen LogP) is 5.13. The molecule has 184 valence electrons. The van der Waals surface area contributed by atoms with Gasteiger partial charge in [-0.1, -0.05) is 48.5 Å². The summed E-state index contributed by atoms with van der Waals surface area (Å²) in [6.07, 6.45) is 1.48. The van der Waals surface area contributed by atoms with Crippen LogP contribution in [0.15, 0.2) is 87.2 Å². The Hall–Kier alpha value is -4.75. The molecule has 0 aliphatic rings. The highest BCUT2D eigenvalue weighted by molar-refractivity contribution is 9.10. The fraction of sp³-hybridized carbons (Fsp3) is 0.0741. The van der Waals surface area contributed by atoms with Crippen LogP contribution in [-0.2, 0) is 0 Å². The minimum Gasteiger partial charge on any atom is -0.490 e. The van der Waals surface area contributed by atoms with Gasteiger partial charge < -0.3 is 9.47 Å². The van der Waals surface area contributed by atoms with Crippen molar-refractivity contribution in [1.82, 2.24) is 9.97 Å². The lowest BCUT2D eigenvalue weighted by atomic mass is 10.1. The number of halogens is 1. The Kier molecular flexibility index (Phi) is 8.08. The number of anilines is 1. The van der Waals surface area contributed by atoms with Crippen molar-refractivity contribution in [3.05, 3.63) is 104 Å². The summed E-state index contributed by atoms with van der Waals surface area (Å²) >= 11 is 3.46. The minimum absolute atomic E-state index is 0.0636. The summed E-state index contributed by atoms with van der Waals surface area (Å²) in [7, 11) is 0. The van der Waals surface area contributed by atoms with Gasteiger partial charge in [-0.3, -0.25) is 9.78 Å². The van der Waals surface area contributed by atoms with Crippen molar-refractivity contribution in [1.29, 1.82) is 5.26 Å². The van der Waals surface area contributed by atoms with Crippen LogP contribution in [0.4, 0.5) is 5.95 Å². The van der Waals surface area contributed by atoms with Crippen LogP contribution in [0, 0.1) is 11.3 Å². The van der Waals surface area contributed by atoms with E-state index in [9.17, 15) is 14.9 Å². The van der Waals surface area contributed by atoms with Crippen molar-refractivity contribution >= 4 is 34.1 Å². The van der Waals surface area contributed by atoms with Gasteiger partial charge >= 0.3 is 5.97 Å². The molecule has 2 N–H and O–H groups in total. The third kappa shape index (κ3) is 6.09. The molecular weight excluding hydrogens is 538 g/mol. The average molecular weight is 558 g/mol. The number of nitrogens with zero attached hydrogens (tertiary/aromatic N) is 3. The Morgan fingerprint density at radius 3 is 2.51 bits per heavy atom. The highest BCUT2D eigenvalue weighted by atomic mass is 79.9. The van der Waals surface area contributed by atoms with E-state index in [0.29, 0.717) is 33.5 Å². The van der Waals surface area contributed by atoms with E-state index in [2.05, 4.69) is 36.4 Å². The lowest BCUT2D eigenvalue weighted by Crippen LogP contribution is -2.16. The van der Waals surface area contributed by atoms with Gasteiger partial charge in [0.2, 0.25) is 5.95 Å². The number of carbonyl (C=O) groups excluding carboxylic acids is 1. The Bertz CT molecular complexity index is 1550. The molecule has 0 aliphatic carbocycles. The molecule has 4 rings (SSSR count). The Labute approximate surface area is 220 Å². The summed E-state index contributed by atoms with van der Waals surface area (Å²) in [4.78, 5) is 31.8. The average Bonchev–Trinajstić information content (AvgIpc) is 2.91. The molecule has 0 saturated heterocycles. The standard InChI is InChI=1S/C27H20BrN5O4/c1-2-36-22-13-19(21(28)14-23(22)37-26(35)18-11-7-4-8-12-18)16-30-33-27-31-24(17-9-5-3-6-10-17)20(15-29)25(34)32-27/h3-14,16H,2H2,1H3,(H2,31,32,33,34). The molecule has 0 radical (unpaired) electrons. The highest BCUT2D eigenvalue weighted by Crippen LogP contribution is 2.34. The van der Waals surface area contributed by atoms with Crippen LogP contribution in [0.25, 0.3) is 11.3 Å². The lowest BCUT2D eigenvalue weighted by molar-refractivity contribution is 0.0728. The second-order valence-electron chi connectivity index (χ2n) is 7.49. The fourth-order valence-electron chi connectivity index (χ4n) is 3.33. The van der Waals surface area contributed by atoms with E-state index in [4.69, 9.17) is 9.47 Å². The molecule has 0 bridgehead atoms. The van der Waals surface area contributed by atoms with Crippen LogP contribution in [-0.4, -0.2) is 28.8 Å². The van der Waals surface area contributed by atoms with E-state index in [0.717, 1.165) is 0 Å². The number of rotatable bonds is 8. The maximum Gasteiger partial charge on any atom is 0.343 e. The van der Waals surface area contributed by atoms with Crippen LogP contribution in [0.1, 0.15) is 28.4 Å². The third-order valence-corrected chi connectivity index (χ3v) is 5.71. The van der Waals surface area contributed by atoms with Gasteiger partial charge in [0.05, 0.1) is 24.1 Å². The minimum atomic E-state index is -0.585. The van der Waals surface area contributed by atoms with Gasteiger partial charge in [0, 0.05) is 15.6 Å². The van der Waals surface area contributed by atoms with E-state index >= 15 is 0 Å². The first-order valence-corrected chi connectivity index (χ1v) is 11.9. The van der Waals surface area contributed by atoms with Crippen LogP contribution in [0.2, 0.25) is 0 Å². The van der Waals surface area contributed by atoms with Crippen molar-refractivity contribution in [2.75, 3.05) is 12.0 Å². The quantitative estimate of drug-likeness (QED) is 0.133. The lowest BCUT2D eigenvalue weighted by Gasteiger charge is -2.13. The van der Waals surface area contributed by atoms with Crippen LogP contribution >= 0.6 is 15.9 Å². The number of hydrazone groups is 1. The molecule has 4 aromatic rings. The van der Waals surface area contributed by atoms with Gasteiger partial charge in [-0.2, -0.15) is 10.4 Å². The number of esters is 1. The molecule has 1 heterocycles. The largest absolute Gasteiger partial charge is 0.490 e. The molecule has 9 nitrogen and oxygen atoms in total. The van der Waals surface area contributed by atoms with Crippen molar-refractivity contribution in [2.45, 2.75) is 6.92 Å². The number of nitriles is 1. The zero-order valence-corrected chi connectivity index (χ0v) is 21.2. The smallest absolute Gasteiger partial charge is 0.343 e. The first-order chi connectivity index (χ1) is 18.0. The van der Waals surface area contributed by atoms with Crippen LogP contribution in [0.3, 0.4) is 0 Å². The second-order valence-corrected chi connectivity index (χ2v) is 8.35.